The molecule has 268 valence electrons. The number of nitrogens with one attached hydrogen (secondary N) is 2. The average molecular weight is 688 g/mol. The molecule has 2 amide bonds. The third-order valence-corrected chi connectivity index (χ3v) is 8.67. The van der Waals surface area contributed by atoms with E-state index in [1.807, 2.05) is 87.5 Å². The average Bonchev–Trinajstić information content (AvgIpc) is 3.57. The van der Waals surface area contributed by atoms with Crippen LogP contribution in [0, 0.1) is 0 Å². The van der Waals surface area contributed by atoms with Crippen LogP contribution >= 0.6 is 0 Å². The Balaban J connectivity index is 1.31. The maximum absolute atomic E-state index is 13.1. The first-order chi connectivity index (χ1) is 24.0. The Labute approximate surface area is 294 Å². The minimum Gasteiger partial charge on any atom is -0.465 e. The van der Waals surface area contributed by atoms with Gasteiger partial charge in [0.2, 0.25) is 0 Å². The molecule has 2 saturated heterocycles. The first-order valence-electron chi connectivity index (χ1n) is 17.4. The van der Waals surface area contributed by atoms with Crippen LogP contribution in [0.25, 0.3) is 11.1 Å². The van der Waals surface area contributed by atoms with Crippen molar-refractivity contribution < 1.29 is 38.4 Å². The van der Waals surface area contributed by atoms with Gasteiger partial charge in [-0.15, -0.1) is 0 Å². The molecule has 0 unspecified atom stereocenters. The molecule has 11 heteroatoms. The fourth-order valence-electron chi connectivity index (χ4n) is 6.31. The summed E-state index contributed by atoms with van der Waals surface area (Å²) in [6, 6.07) is 22.9. The maximum Gasteiger partial charge on any atom is 0.325 e. The molecular formula is C39H49N3O8. The predicted molar refractivity (Wildman–Crippen MR) is 188 cm³/mol. The van der Waals surface area contributed by atoms with Crippen LogP contribution in [0.15, 0.2) is 72.8 Å². The minimum absolute atomic E-state index is 0.0338. The van der Waals surface area contributed by atoms with E-state index in [2.05, 4.69) is 21.6 Å². The van der Waals surface area contributed by atoms with Crippen molar-refractivity contribution in [1.82, 2.24) is 15.5 Å². The third-order valence-electron chi connectivity index (χ3n) is 8.67. The summed E-state index contributed by atoms with van der Waals surface area (Å²) in [5, 5.41) is 14.9. The molecule has 2 fully saturated rings. The second-order valence-electron chi connectivity index (χ2n) is 13.7. The standard InChI is InChI=1S/C39H49N3O8/c1-5-47-35(44)23-41-38(46)40-22-27-9-6-10-29(19-27)30-11-7-12-31(20-30)37-48-32(21-34(49-37)28-16-14-26(25-43)15-17-28)24-42-18-8-13-33(42)36(45)50-39(2,3)4/h6-7,9-12,14-17,19-20,32-34,37,43H,5,8,13,18,21-25H2,1-4H3,(H2,40,41,46)/t32-,33-,34+,37+/m0/s1. The zero-order valence-electron chi connectivity index (χ0n) is 29.4. The molecule has 2 aliphatic rings. The first-order valence-corrected chi connectivity index (χ1v) is 17.4. The summed E-state index contributed by atoms with van der Waals surface area (Å²) >= 11 is 0. The molecule has 3 N–H and O–H groups in total. The van der Waals surface area contributed by atoms with Crippen molar-refractivity contribution in [2.75, 3.05) is 26.2 Å². The van der Waals surface area contributed by atoms with E-state index in [1.165, 1.54) is 0 Å². The highest BCUT2D eigenvalue weighted by molar-refractivity contribution is 5.80. The van der Waals surface area contributed by atoms with Gasteiger partial charge < -0.3 is 34.7 Å². The lowest BCUT2D eigenvalue weighted by Crippen LogP contribution is -2.45. The van der Waals surface area contributed by atoms with Gasteiger partial charge in [-0.3, -0.25) is 14.5 Å². The highest BCUT2D eigenvalue weighted by atomic mass is 16.7. The molecule has 3 aromatic carbocycles. The lowest BCUT2D eigenvalue weighted by Gasteiger charge is -2.38. The number of hydrogen-bond acceptors (Lipinski definition) is 9. The topological polar surface area (TPSA) is 136 Å². The number of aliphatic hydroxyl groups excluding tert-OH is 1. The first kappa shape index (κ1) is 37.0. The van der Waals surface area contributed by atoms with E-state index in [4.69, 9.17) is 18.9 Å². The van der Waals surface area contributed by atoms with E-state index in [0.717, 1.165) is 52.8 Å². The van der Waals surface area contributed by atoms with Gasteiger partial charge in [0.05, 0.1) is 25.4 Å². The summed E-state index contributed by atoms with van der Waals surface area (Å²) in [5.41, 5.74) is 4.93. The monoisotopic (exact) mass is 687 g/mol. The summed E-state index contributed by atoms with van der Waals surface area (Å²) in [6.45, 7) is 9.03. The lowest BCUT2D eigenvalue weighted by atomic mass is 9.98. The van der Waals surface area contributed by atoms with Gasteiger partial charge in [0.15, 0.2) is 6.29 Å². The number of nitrogens with zero attached hydrogens (tertiary/aromatic N) is 1. The van der Waals surface area contributed by atoms with Gasteiger partial charge in [-0.25, -0.2) is 4.79 Å². The van der Waals surface area contributed by atoms with Crippen LogP contribution in [0.4, 0.5) is 4.79 Å². The summed E-state index contributed by atoms with van der Waals surface area (Å²) in [4.78, 5) is 39.0. The van der Waals surface area contributed by atoms with E-state index in [-0.39, 0.29) is 50.5 Å². The van der Waals surface area contributed by atoms with Gasteiger partial charge in [-0.1, -0.05) is 60.7 Å². The Morgan fingerprint density at radius 3 is 2.38 bits per heavy atom. The van der Waals surface area contributed by atoms with Gasteiger partial charge in [0, 0.05) is 25.1 Å². The highest BCUT2D eigenvalue weighted by Crippen LogP contribution is 2.39. The molecular weight excluding hydrogens is 638 g/mol. The number of hydrogen-bond donors (Lipinski definition) is 3. The number of urea groups is 1. The third kappa shape index (κ3) is 10.4. The normalized spacial score (nSPS) is 21.0. The number of aliphatic hydroxyl groups is 1. The molecule has 0 bridgehead atoms. The van der Waals surface area contributed by atoms with Crippen LogP contribution in [0.1, 0.15) is 81.6 Å². The molecule has 50 heavy (non-hydrogen) atoms. The van der Waals surface area contributed by atoms with E-state index in [0.29, 0.717) is 13.0 Å². The van der Waals surface area contributed by atoms with Crippen molar-refractivity contribution >= 4 is 18.0 Å². The largest absolute Gasteiger partial charge is 0.465 e. The number of carbonyl (C=O) groups is 3. The van der Waals surface area contributed by atoms with Crippen molar-refractivity contribution in [2.45, 2.75) is 90.2 Å². The Kier molecular flexibility index (Phi) is 12.6. The number of likely N-dealkylation sites (tertiary alicyclic amines) is 1. The number of amides is 2. The van der Waals surface area contributed by atoms with Crippen molar-refractivity contribution in [3.63, 3.8) is 0 Å². The highest BCUT2D eigenvalue weighted by Gasteiger charge is 2.39. The smallest absolute Gasteiger partial charge is 0.325 e. The summed E-state index contributed by atoms with van der Waals surface area (Å²) in [6.07, 6.45) is 1.13. The second kappa shape index (κ2) is 17.1. The van der Waals surface area contributed by atoms with Crippen molar-refractivity contribution in [2.24, 2.45) is 0 Å². The summed E-state index contributed by atoms with van der Waals surface area (Å²) < 4.78 is 23.9. The van der Waals surface area contributed by atoms with E-state index >= 15 is 0 Å². The van der Waals surface area contributed by atoms with E-state index < -0.39 is 23.9 Å². The summed E-state index contributed by atoms with van der Waals surface area (Å²) in [5.74, 6) is -0.689. The molecule has 0 saturated carbocycles. The van der Waals surface area contributed by atoms with Crippen LogP contribution in [0.5, 0.6) is 0 Å². The SMILES string of the molecule is CCOC(=O)CNC(=O)NCc1cccc(-c2cccc([C@@H]3O[C@H](CN4CCC[C@H]4C(=O)OC(C)(C)C)C[C@H](c4ccc(CO)cc4)O3)c2)c1. The van der Waals surface area contributed by atoms with Crippen molar-refractivity contribution in [3.8, 4) is 11.1 Å². The maximum atomic E-state index is 13.1. The van der Waals surface area contributed by atoms with Crippen molar-refractivity contribution in [3.05, 3.63) is 95.1 Å². The zero-order valence-corrected chi connectivity index (χ0v) is 29.4. The molecule has 0 aliphatic carbocycles. The number of carbonyl (C=O) groups excluding carboxylic acids is 3. The lowest BCUT2D eigenvalue weighted by molar-refractivity contribution is -0.253. The molecule has 2 heterocycles. The number of benzene rings is 3. The molecule has 3 aromatic rings. The molecule has 0 radical (unpaired) electrons. The van der Waals surface area contributed by atoms with Gasteiger partial charge in [-0.05, 0) is 87.0 Å². The van der Waals surface area contributed by atoms with Crippen LogP contribution in [-0.2, 0) is 41.7 Å². The Bertz CT molecular complexity index is 1610. The van der Waals surface area contributed by atoms with Crippen molar-refractivity contribution in [1.29, 1.82) is 0 Å². The fraction of sp³-hybridized carbons (Fsp3) is 0.462. The van der Waals surface area contributed by atoms with Crippen LogP contribution in [0.3, 0.4) is 0 Å². The Morgan fingerprint density at radius 1 is 0.920 bits per heavy atom. The molecule has 0 spiro atoms. The molecule has 5 rings (SSSR count). The fourth-order valence-corrected chi connectivity index (χ4v) is 6.31. The van der Waals surface area contributed by atoms with Crippen LogP contribution < -0.4 is 10.6 Å². The number of esters is 2. The van der Waals surface area contributed by atoms with Gasteiger partial charge >= 0.3 is 18.0 Å². The number of ether oxygens (including phenoxy) is 4. The molecule has 4 atom stereocenters. The number of rotatable bonds is 12. The molecule has 2 aliphatic heterocycles. The quantitative estimate of drug-likeness (QED) is 0.209. The van der Waals surface area contributed by atoms with Crippen LogP contribution in [-0.4, -0.2) is 72.0 Å². The predicted octanol–water partition coefficient (Wildman–Crippen LogP) is 5.56. The van der Waals surface area contributed by atoms with E-state index in [1.54, 1.807) is 6.92 Å². The summed E-state index contributed by atoms with van der Waals surface area (Å²) in [7, 11) is 0. The zero-order chi connectivity index (χ0) is 35.7. The van der Waals surface area contributed by atoms with Crippen LogP contribution in [0.2, 0.25) is 0 Å². The van der Waals surface area contributed by atoms with E-state index in [9.17, 15) is 19.5 Å². The Hall–Kier alpha value is -4.29. The minimum atomic E-state index is -0.660. The molecule has 11 nitrogen and oxygen atoms in total. The molecule has 0 aromatic heterocycles. The van der Waals surface area contributed by atoms with Gasteiger partial charge in [0.25, 0.3) is 0 Å². The Morgan fingerprint density at radius 2 is 1.66 bits per heavy atom. The second-order valence-corrected chi connectivity index (χ2v) is 13.7. The van der Waals surface area contributed by atoms with Gasteiger partial charge in [-0.2, -0.15) is 0 Å². The van der Waals surface area contributed by atoms with Gasteiger partial charge in [0.1, 0.15) is 18.2 Å².